The minimum Gasteiger partial charge on any atom is -0.392 e. The number of aliphatic hydroxyl groups is 1. The van der Waals surface area contributed by atoms with E-state index in [1.54, 1.807) is 28.6 Å². The molecule has 2 aliphatic rings. The summed E-state index contributed by atoms with van der Waals surface area (Å²) in [5, 5.41) is 9.16. The molecule has 0 amide bonds. The van der Waals surface area contributed by atoms with Crippen molar-refractivity contribution >= 4 is 10.0 Å². The third-order valence-electron chi connectivity index (χ3n) is 4.31. The molecule has 116 valence electrons. The Morgan fingerprint density at radius 2 is 2.10 bits per heavy atom. The van der Waals surface area contributed by atoms with Crippen molar-refractivity contribution in [1.82, 2.24) is 4.31 Å². The Labute approximate surface area is 125 Å². The highest BCUT2D eigenvalue weighted by molar-refractivity contribution is 7.88. The Balaban J connectivity index is 1.79. The second-order valence-corrected chi connectivity index (χ2v) is 7.67. The number of benzene rings is 1. The number of sulfonamides is 1. The molecular formula is C15H21NO4S. The maximum Gasteiger partial charge on any atom is 0.218 e. The van der Waals surface area contributed by atoms with Crippen LogP contribution in [0.3, 0.4) is 0 Å². The molecule has 1 aliphatic heterocycles. The quantitative estimate of drug-likeness (QED) is 0.909. The van der Waals surface area contributed by atoms with E-state index in [-0.39, 0.29) is 24.5 Å². The summed E-state index contributed by atoms with van der Waals surface area (Å²) in [5.41, 5.74) is 1.46. The predicted octanol–water partition coefficient (Wildman–Crippen LogP) is 1.26. The van der Waals surface area contributed by atoms with Gasteiger partial charge in [0.25, 0.3) is 0 Å². The smallest absolute Gasteiger partial charge is 0.218 e. The Morgan fingerprint density at radius 3 is 2.90 bits per heavy atom. The monoisotopic (exact) mass is 311 g/mol. The molecule has 6 heteroatoms. The molecule has 2 unspecified atom stereocenters. The van der Waals surface area contributed by atoms with Crippen molar-refractivity contribution in [3.63, 3.8) is 0 Å². The number of ether oxygens (including phenoxy) is 1. The van der Waals surface area contributed by atoms with Gasteiger partial charge >= 0.3 is 0 Å². The maximum atomic E-state index is 12.7. The zero-order chi connectivity index (χ0) is 14.9. The second-order valence-electron chi connectivity index (χ2n) is 5.75. The van der Waals surface area contributed by atoms with Gasteiger partial charge in [0.1, 0.15) is 0 Å². The van der Waals surface area contributed by atoms with E-state index in [4.69, 9.17) is 9.84 Å². The van der Waals surface area contributed by atoms with Crippen LogP contribution in [0.15, 0.2) is 24.3 Å². The van der Waals surface area contributed by atoms with Crippen LogP contribution in [0, 0.1) is 0 Å². The first kappa shape index (κ1) is 15.0. The molecule has 1 saturated carbocycles. The lowest BCUT2D eigenvalue weighted by atomic mass is 10.1. The molecule has 5 nitrogen and oxygen atoms in total. The van der Waals surface area contributed by atoms with Gasteiger partial charge in [-0.2, -0.15) is 4.31 Å². The van der Waals surface area contributed by atoms with Crippen LogP contribution in [0.1, 0.15) is 30.4 Å². The average molecular weight is 311 g/mol. The first-order valence-corrected chi connectivity index (χ1v) is 9.01. The SMILES string of the molecule is O=S(=O)(Cc1cccc(CO)c1)N1CCOC2CCCC21. The zero-order valence-corrected chi connectivity index (χ0v) is 12.8. The molecular weight excluding hydrogens is 290 g/mol. The Morgan fingerprint density at radius 1 is 1.29 bits per heavy atom. The van der Waals surface area contributed by atoms with Crippen molar-refractivity contribution in [1.29, 1.82) is 0 Å². The van der Waals surface area contributed by atoms with Crippen LogP contribution in [0.25, 0.3) is 0 Å². The van der Waals surface area contributed by atoms with E-state index in [9.17, 15) is 8.42 Å². The van der Waals surface area contributed by atoms with Gasteiger partial charge in [0, 0.05) is 6.54 Å². The van der Waals surface area contributed by atoms with Crippen molar-refractivity contribution in [2.75, 3.05) is 13.2 Å². The van der Waals surface area contributed by atoms with E-state index >= 15 is 0 Å². The molecule has 2 atom stereocenters. The zero-order valence-electron chi connectivity index (χ0n) is 11.9. The molecule has 1 saturated heterocycles. The first-order chi connectivity index (χ1) is 10.1. The topological polar surface area (TPSA) is 66.8 Å². The molecule has 0 aromatic heterocycles. The second kappa shape index (κ2) is 6.04. The number of hydrogen-bond acceptors (Lipinski definition) is 4. The van der Waals surface area contributed by atoms with Gasteiger partial charge < -0.3 is 9.84 Å². The fourth-order valence-corrected chi connectivity index (χ4v) is 5.12. The molecule has 0 spiro atoms. The molecule has 1 aliphatic carbocycles. The lowest BCUT2D eigenvalue weighted by Crippen LogP contribution is -2.51. The van der Waals surface area contributed by atoms with Crippen molar-refractivity contribution in [3.05, 3.63) is 35.4 Å². The number of rotatable bonds is 4. The number of nitrogens with zero attached hydrogens (tertiary/aromatic N) is 1. The molecule has 1 N–H and O–H groups in total. The highest BCUT2D eigenvalue weighted by Gasteiger charge is 2.41. The predicted molar refractivity (Wildman–Crippen MR) is 79.1 cm³/mol. The van der Waals surface area contributed by atoms with E-state index in [1.165, 1.54) is 0 Å². The summed E-state index contributed by atoms with van der Waals surface area (Å²) in [4.78, 5) is 0. The largest absolute Gasteiger partial charge is 0.392 e. The van der Waals surface area contributed by atoms with Gasteiger partial charge in [0.15, 0.2) is 0 Å². The standard InChI is InChI=1S/C15H21NO4S/c17-10-12-3-1-4-13(9-12)11-21(18,19)16-7-8-20-15-6-2-5-14(15)16/h1,3-4,9,14-15,17H,2,5-8,10-11H2. The summed E-state index contributed by atoms with van der Waals surface area (Å²) in [7, 11) is -3.34. The fourth-order valence-electron chi connectivity index (χ4n) is 3.35. The van der Waals surface area contributed by atoms with Gasteiger partial charge in [-0.1, -0.05) is 24.3 Å². The number of aliphatic hydroxyl groups excluding tert-OH is 1. The van der Waals surface area contributed by atoms with Gasteiger partial charge in [0.2, 0.25) is 10.0 Å². The van der Waals surface area contributed by atoms with Gasteiger partial charge in [-0.15, -0.1) is 0 Å². The van der Waals surface area contributed by atoms with E-state index in [1.807, 2.05) is 0 Å². The van der Waals surface area contributed by atoms with E-state index in [0.29, 0.717) is 13.2 Å². The summed E-state index contributed by atoms with van der Waals surface area (Å²) in [5.74, 6) is -0.00986. The van der Waals surface area contributed by atoms with Gasteiger partial charge in [-0.05, 0) is 30.4 Å². The highest BCUT2D eigenvalue weighted by atomic mass is 32.2. The molecule has 0 radical (unpaired) electrons. The molecule has 21 heavy (non-hydrogen) atoms. The van der Waals surface area contributed by atoms with Gasteiger partial charge in [-0.3, -0.25) is 0 Å². The summed E-state index contributed by atoms with van der Waals surface area (Å²) >= 11 is 0. The highest BCUT2D eigenvalue weighted by Crippen LogP contribution is 2.32. The van der Waals surface area contributed by atoms with E-state index < -0.39 is 10.0 Å². The molecule has 1 aromatic carbocycles. The number of fused-ring (bicyclic) bond motifs is 1. The normalized spacial score (nSPS) is 26.7. The number of morpholine rings is 1. The molecule has 1 aromatic rings. The van der Waals surface area contributed by atoms with Crippen LogP contribution in [-0.4, -0.2) is 43.1 Å². The molecule has 3 rings (SSSR count). The van der Waals surface area contributed by atoms with Crippen LogP contribution in [0.2, 0.25) is 0 Å². The van der Waals surface area contributed by atoms with Crippen molar-refractivity contribution in [3.8, 4) is 0 Å². The lowest BCUT2D eigenvalue weighted by Gasteiger charge is -2.36. The summed E-state index contributed by atoms with van der Waals surface area (Å²) in [6.07, 6.45) is 2.94. The number of hydrogen-bond donors (Lipinski definition) is 1. The average Bonchev–Trinajstić information content (AvgIpc) is 2.95. The molecule has 1 heterocycles. The first-order valence-electron chi connectivity index (χ1n) is 7.40. The van der Waals surface area contributed by atoms with Crippen LogP contribution in [-0.2, 0) is 27.1 Å². The third-order valence-corrected chi connectivity index (χ3v) is 6.18. The van der Waals surface area contributed by atoms with Crippen molar-refractivity contribution in [2.45, 2.75) is 43.8 Å². The van der Waals surface area contributed by atoms with Crippen LogP contribution in [0.4, 0.5) is 0 Å². The van der Waals surface area contributed by atoms with Crippen molar-refractivity contribution < 1.29 is 18.3 Å². The van der Waals surface area contributed by atoms with E-state index in [2.05, 4.69) is 0 Å². The van der Waals surface area contributed by atoms with Crippen LogP contribution in [0.5, 0.6) is 0 Å². The minimum absolute atomic E-state index is 0.00442. The molecule has 0 bridgehead atoms. The Kier molecular flexibility index (Phi) is 4.31. The lowest BCUT2D eigenvalue weighted by molar-refractivity contribution is -0.0242. The summed E-state index contributed by atoms with van der Waals surface area (Å²) in [6, 6.07) is 7.13. The minimum atomic E-state index is -3.34. The summed E-state index contributed by atoms with van der Waals surface area (Å²) in [6.45, 7) is 0.858. The van der Waals surface area contributed by atoms with Gasteiger partial charge in [0.05, 0.1) is 31.1 Å². The maximum absolute atomic E-state index is 12.7. The van der Waals surface area contributed by atoms with Crippen LogP contribution >= 0.6 is 0 Å². The third kappa shape index (κ3) is 3.13. The van der Waals surface area contributed by atoms with Gasteiger partial charge in [-0.25, -0.2) is 8.42 Å². The fraction of sp³-hybridized carbons (Fsp3) is 0.600. The summed E-state index contributed by atoms with van der Waals surface area (Å²) < 4.78 is 32.7. The Bertz CT molecular complexity index is 601. The van der Waals surface area contributed by atoms with E-state index in [0.717, 1.165) is 30.4 Å². The Hall–Kier alpha value is -0.950. The molecule has 2 fully saturated rings. The van der Waals surface area contributed by atoms with Crippen LogP contribution < -0.4 is 0 Å². The van der Waals surface area contributed by atoms with Crippen molar-refractivity contribution in [2.24, 2.45) is 0 Å².